The van der Waals surface area contributed by atoms with Crippen LogP contribution in [0.3, 0.4) is 0 Å². The molecule has 0 bridgehead atoms. The Kier molecular flexibility index (Phi) is 4.00. The van der Waals surface area contributed by atoms with Crippen LogP contribution >= 0.6 is 11.6 Å². The van der Waals surface area contributed by atoms with Crippen LogP contribution in [0.1, 0.15) is 24.6 Å². The summed E-state index contributed by atoms with van der Waals surface area (Å²) in [6.45, 7) is 6.69. The van der Waals surface area contributed by atoms with Crippen LogP contribution in [0.2, 0.25) is 5.02 Å². The number of anilines is 1. The Morgan fingerprint density at radius 1 is 1.37 bits per heavy atom. The van der Waals surface area contributed by atoms with Crippen molar-refractivity contribution in [1.82, 2.24) is 9.78 Å². The van der Waals surface area contributed by atoms with E-state index in [0.29, 0.717) is 22.3 Å². The zero-order chi connectivity index (χ0) is 14.0. The van der Waals surface area contributed by atoms with Crippen molar-refractivity contribution in [3.8, 4) is 11.6 Å². The van der Waals surface area contributed by atoms with E-state index in [1.165, 1.54) is 0 Å². The largest absolute Gasteiger partial charge is 0.436 e. The van der Waals surface area contributed by atoms with Crippen molar-refractivity contribution in [3.63, 3.8) is 0 Å². The lowest BCUT2D eigenvalue weighted by molar-refractivity contribution is 0.410. The normalized spacial score (nSPS) is 10.7. The summed E-state index contributed by atoms with van der Waals surface area (Å²) >= 11 is 6.17. The van der Waals surface area contributed by atoms with Gasteiger partial charge in [-0.2, -0.15) is 5.10 Å². The van der Waals surface area contributed by atoms with Gasteiger partial charge in [-0.25, -0.2) is 4.68 Å². The molecule has 2 N–H and O–H groups in total. The first-order valence-corrected chi connectivity index (χ1v) is 6.67. The molecule has 5 heteroatoms. The number of aryl methyl sites for hydroxylation is 3. The number of hydrogen-bond donors (Lipinski definition) is 1. The minimum Gasteiger partial charge on any atom is -0.436 e. The molecule has 2 rings (SSSR count). The van der Waals surface area contributed by atoms with E-state index < -0.39 is 0 Å². The quantitative estimate of drug-likeness (QED) is 0.922. The number of nitrogens with zero attached hydrogens (tertiary/aromatic N) is 2. The minimum atomic E-state index is 0.560. The maximum Gasteiger partial charge on any atom is 0.241 e. The van der Waals surface area contributed by atoms with Crippen LogP contribution in [0.15, 0.2) is 18.2 Å². The van der Waals surface area contributed by atoms with Crippen molar-refractivity contribution in [3.05, 3.63) is 34.5 Å². The van der Waals surface area contributed by atoms with E-state index in [2.05, 4.69) is 12.0 Å². The maximum absolute atomic E-state index is 6.17. The van der Waals surface area contributed by atoms with E-state index in [0.717, 1.165) is 24.2 Å². The van der Waals surface area contributed by atoms with Gasteiger partial charge in [-0.15, -0.1) is 0 Å². The second kappa shape index (κ2) is 5.53. The van der Waals surface area contributed by atoms with Crippen LogP contribution in [0.5, 0.6) is 11.6 Å². The second-order valence-electron chi connectivity index (χ2n) is 4.56. The lowest BCUT2D eigenvalue weighted by Crippen LogP contribution is -2.02. The van der Waals surface area contributed by atoms with Gasteiger partial charge in [0.25, 0.3) is 0 Å². The number of aromatic nitrogens is 2. The fraction of sp³-hybridized carbons (Fsp3) is 0.357. The zero-order valence-corrected chi connectivity index (χ0v) is 12.2. The maximum atomic E-state index is 6.17. The van der Waals surface area contributed by atoms with Crippen molar-refractivity contribution >= 4 is 17.3 Å². The summed E-state index contributed by atoms with van der Waals surface area (Å²) in [6, 6.07) is 5.65. The first-order valence-electron chi connectivity index (χ1n) is 6.29. The molecule has 0 amide bonds. The smallest absolute Gasteiger partial charge is 0.241 e. The highest BCUT2D eigenvalue weighted by molar-refractivity contribution is 6.32. The molecule has 0 aliphatic heterocycles. The Morgan fingerprint density at radius 3 is 2.74 bits per heavy atom. The van der Waals surface area contributed by atoms with Crippen molar-refractivity contribution in [2.45, 2.75) is 33.7 Å². The van der Waals surface area contributed by atoms with Gasteiger partial charge < -0.3 is 10.5 Å². The molecule has 102 valence electrons. The summed E-state index contributed by atoms with van der Waals surface area (Å²) in [5.74, 6) is 1.15. The molecule has 0 atom stereocenters. The second-order valence-corrected chi connectivity index (χ2v) is 4.97. The molecule has 2 aromatic rings. The van der Waals surface area contributed by atoms with Crippen LogP contribution in [-0.4, -0.2) is 9.78 Å². The Balaban J connectivity index is 2.37. The van der Waals surface area contributed by atoms with Gasteiger partial charge in [0.1, 0.15) is 11.4 Å². The molecule has 0 spiro atoms. The number of hydrogen-bond acceptors (Lipinski definition) is 3. The van der Waals surface area contributed by atoms with E-state index in [1.807, 2.05) is 32.0 Å². The summed E-state index contributed by atoms with van der Waals surface area (Å²) in [5, 5.41) is 4.94. The highest BCUT2D eigenvalue weighted by Gasteiger charge is 2.15. The molecule has 1 aromatic carbocycles. The van der Waals surface area contributed by atoms with Crippen LogP contribution in [0.4, 0.5) is 5.69 Å². The van der Waals surface area contributed by atoms with Crippen molar-refractivity contribution in [2.24, 2.45) is 0 Å². The van der Waals surface area contributed by atoms with Crippen molar-refractivity contribution < 1.29 is 4.74 Å². The van der Waals surface area contributed by atoms with Gasteiger partial charge in [0.2, 0.25) is 5.88 Å². The van der Waals surface area contributed by atoms with Gasteiger partial charge in [0.05, 0.1) is 10.7 Å². The predicted molar refractivity (Wildman–Crippen MR) is 77.9 cm³/mol. The summed E-state index contributed by atoms with van der Waals surface area (Å²) < 4.78 is 7.62. The fourth-order valence-corrected chi connectivity index (χ4v) is 2.11. The topological polar surface area (TPSA) is 53.1 Å². The van der Waals surface area contributed by atoms with E-state index in [1.54, 1.807) is 4.68 Å². The summed E-state index contributed by atoms with van der Waals surface area (Å²) in [7, 11) is 0. The van der Waals surface area contributed by atoms with Crippen molar-refractivity contribution in [2.75, 3.05) is 5.73 Å². The number of nitrogens with two attached hydrogens (primary N) is 1. The third-order valence-electron chi connectivity index (χ3n) is 2.85. The van der Waals surface area contributed by atoms with Gasteiger partial charge in [-0.05, 0) is 38.0 Å². The first-order chi connectivity index (χ1) is 9.02. The van der Waals surface area contributed by atoms with Crippen LogP contribution in [-0.2, 0) is 6.54 Å². The molecule has 0 radical (unpaired) electrons. The van der Waals surface area contributed by atoms with E-state index in [4.69, 9.17) is 22.1 Å². The standard InChI is InChI=1S/C14H18ClN3O/c1-4-7-18-14(13(16)10(3)17-18)19-12-6-5-9(2)8-11(12)15/h5-6,8H,4,7,16H2,1-3H3. The molecule has 4 nitrogen and oxygen atoms in total. The molecule has 0 saturated heterocycles. The number of ether oxygens (including phenoxy) is 1. The molecular weight excluding hydrogens is 262 g/mol. The summed E-state index contributed by atoms with van der Waals surface area (Å²) in [6.07, 6.45) is 0.957. The summed E-state index contributed by atoms with van der Waals surface area (Å²) in [4.78, 5) is 0. The van der Waals surface area contributed by atoms with Gasteiger partial charge in [-0.3, -0.25) is 0 Å². The first kappa shape index (κ1) is 13.7. The van der Waals surface area contributed by atoms with Crippen LogP contribution in [0.25, 0.3) is 0 Å². The Labute approximate surface area is 118 Å². The van der Waals surface area contributed by atoms with Crippen LogP contribution < -0.4 is 10.5 Å². The lowest BCUT2D eigenvalue weighted by Gasteiger charge is -2.10. The predicted octanol–water partition coefficient (Wildman–Crippen LogP) is 3.94. The Morgan fingerprint density at radius 2 is 2.11 bits per heavy atom. The van der Waals surface area contributed by atoms with Gasteiger partial charge in [0.15, 0.2) is 0 Å². The molecule has 1 aromatic heterocycles. The summed E-state index contributed by atoms with van der Waals surface area (Å²) in [5.41, 5.74) is 8.43. The SMILES string of the molecule is CCCn1nc(C)c(N)c1Oc1ccc(C)cc1Cl. The number of benzene rings is 1. The molecule has 1 heterocycles. The molecule has 0 aliphatic carbocycles. The average molecular weight is 280 g/mol. The lowest BCUT2D eigenvalue weighted by atomic mass is 10.2. The molecule has 0 saturated carbocycles. The van der Waals surface area contributed by atoms with Gasteiger partial charge >= 0.3 is 0 Å². The van der Waals surface area contributed by atoms with Crippen molar-refractivity contribution in [1.29, 1.82) is 0 Å². The van der Waals surface area contributed by atoms with Gasteiger partial charge in [0, 0.05) is 6.54 Å². The highest BCUT2D eigenvalue weighted by atomic mass is 35.5. The molecule has 0 fully saturated rings. The molecule has 19 heavy (non-hydrogen) atoms. The minimum absolute atomic E-state index is 0.560. The molecule has 0 unspecified atom stereocenters. The van der Waals surface area contributed by atoms with Crippen LogP contribution in [0, 0.1) is 13.8 Å². The monoisotopic (exact) mass is 279 g/mol. The third-order valence-corrected chi connectivity index (χ3v) is 3.15. The number of halogens is 1. The Bertz CT molecular complexity index is 593. The van der Waals surface area contributed by atoms with E-state index >= 15 is 0 Å². The Hall–Kier alpha value is -1.68. The zero-order valence-electron chi connectivity index (χ0n) is 11.4. The van der Waals surface area contributed by atoms with E-state index in [9.17, 15) is 0 Å². The molecule has 0 aliphatic rings. The number of nitrogen functional groups attached to an aromatic ring is 1. The fourth-order valence-electron chi connectivity index (χ4n) is 1.84. The van der Waals surface area contributed by atoms with Gasteiger partial charge in [-0.1, -0.05) is 24.6 Å². The molecular formula is C14H18ClN3O. The third kappa shape index (κ3) is 2.84. The highest BCUT2D eigenvalue weighted by Crippen LogP contribution is 2.34. The van der Waals surface area contributed by atoms with E-state index in [-0.39, 0.29) is 0 Å². The average Bonchev–Trinajstić information content (AvgIpc) is 2.61. The number of rotatable bonds is 4.